The molecule has 1 aliphatic carbocycles. The molecule has 0 atom stereocenters. The average Bonchev–Trinajstić information content (AvgIpc) is 2.67. The van der Waals surface area contributed by atoms with Gasteiger partial charge in [-0.15, -0.1) is 0 Å². The molecule has 5 heteroatoms. The van der Waals surface area contributed by atoms with Crippen LogP contribution < -0.4 is 4.90 Å². The maximum atomic E-state index is 14.3. The predicted molar refractivity (Wildman–Crippen MR) is 89.9 cm³/mol. The van der Waals surface area contributed by atoms with E-state index in [-0.39, 0.29) is 17.2 Å². The zero-order valence-corrected chi connectivity index (χ0v) is 14.3. The van der Waals surface area contributed by atoms with Crippen LogP contribution in [0.3, 0.4) is 0 Å². The van der Waals surface area contributed by atoms with Gasteiger partial charge in [-0.05, 0) is 45.6 Å². The Morgan fingerprint density at radius 1 is 1.38 bits per heavy atom. The normalized spacial score (nSPS) is 19.4. The molecule has 0 saturated heterocycles. The molecule has 0 bridgehead atoms. The van der Waals surface area contributed by atoms with E-state index in [0.717, 1.165) is 19.3 Å². The van der Waals surface area contributed by atoms with Crippen LogP contribution in [0.1, 0.15) is 45.6 Å². The monoisotopic (exact) mass is 331 g/mol. The van der Waals surface area contributed by atoms with Crippen molar-refractivity contribution in [1.82, 2.24) is 0 Å². The molecule has 1 fully saturated rings. The molecule has 0 aromatic heterocycles. The zero-order valence-electron chi connectivity index (χ0n) is 14.3. The van der Waals surface area contributed by atoms with E-state index in [1.807, 2.05) is 0 Å². The fourth-order valence-corrected chi connectivity index (χ4v) is 3.07. The fourth-order valence-electron chi connectivity index (χ4n) is 3.07. The molecule has 0 unspecified atom stereocenters. The van der Waals surface area contributed by atoms with E-state index < -0.39 is 17.4 Å². The highest BCUT2D eigenvalue weighted by atomic mass is 19.1. The molecule has 0 radical (unpaired) electrons. The van der Waals surface area contributed by atoms with Crippen molar-refractivity contribution in [2.24, 2.45) is 5.92 Å². The maximum absolute atomic E-state index is 14.3. The summed E-state index contributed by atoms with van der Waals surface area (Å²) >= 11 is 0. The molecule has 3 rings (SSSR count). The standard InChI is InChI=1S/C19H22FNO3/c1-19(2,3)24-16(22)10-14-13-8-5-9-15(20)17(13)21(18(14)23)11-12-6-4-7-12/h5,8-10,12H,4,6-7,11H2,1-3H3. The van der Waals surface area contributed by atoms with E-state index in [1.54, 1.807) is 32.9 Å². The van der Waals surface area contributed by atoms with Crippen LogP contribution in [0, 0.1) is 11.7 Å². The second-order valence-corrected chi connectivity index (χ2v) is 7.44. The van der Waals surface area contributed by atoms with Crippen molar-refractivity contribution in [3.63, 3.8) is 0 Å². The van der Waals surface area contributed by atoms with E-state index >= 15 is 0 Å². The van der Waals surface area contributed by atoms with Gasteiger partial charge >= 0.3 is 5.97 Å². The van der Waals surface area contributed by atoms with Gasteiger partial charge in [0.25, 0.3) is 5.91 Å². The van der Waals surface area contributed by atoms with Crippen LogP contribution in [0.25, 0.3) is 5.57 Å². The number of hydrogen-bond acceptors (Lipinski definition) is 3. The average molecular weight is 331 g/mol. The van der Waals surface area contributed by atoms with Crippen molar-refractivity contribution < 1.29 is 18.7 Å². The van der Waals surface area contributed by atoms with Crippen LogP contribution in [-0.2, 0) is 14.3 Å². The highest BCUT2D eigenvalue weighted by Crippen LogP contribution is 2.41. The Hall–Kier alpha value is -2.17. The largest absolute Gasteiger partial charge is 0.457 e. The molecule has 1 aromatic carbocycles. The number of hydrogen-bond donors (Lipinski definition) is 0. The van der Waals surface area contributed by atoms with Crippen LogP contribution in [-0.4, -0.2) is 24.0 Å². The topological polar surface area (TPSA) is 46.6 Å². The van der Waals surface area contributed by atoms with Gasteiger partial charge in [-0.2, -0.15) is 0 Å². The molecule has 1 aromatic rings. The highest BCUT2D eigenvalue weighted by Gasteiger charge is 2.37. The highest BCUT2D eigenvalue weighted by molar-refractivity contribution is 6.34. The smallest absolute Gasteiger partial charge is 0.332 e. The first kappa shape index (κ1) is 16.7. The minimum atomic E-state index is -0.647. The molecule has 1 amide bonds. The van der Waals surface area contributed by atoms with Crippen LogP contribution >= 0.6 is 0 Å². The summed E-state index contributed by atoms with van der Waals surface area (Å²) < 4.78 is 19.6. The van der Waals surface area contributed by atoms with Gasteiger partial charge in [0.05, 0.1) is 11.3 Å². The van der Waals surface area contributed by atoms with E-state index in [0.29, 0.717) is 18.0 Å². The Morgan fingerprint density at radius 2 is 2.08 bits per heavy atom. The molecule has 0 spiro atoms. The van der Waals surface area contributed by atoms with Gasteiger partial charge in [0.1, 0.15) is 11.4 Å². The number of esters is 1. The van der Waals surface area contributed by atoms with Crippen LogP contribution in [0.2, 0.25) is 0 Å². The Kier molecular flexibility index (Phi) is 4.20. The number of benzene rings is 1. The SMILES string of the molecule is CC(C)(C)OC(=O)C=C1C(=O)N(CC2CCC2)c2c(F)cccc21. The number of carbonyl (C=O) groups excluding carboxylic acids is 2. The van der Waals surface area contributed by atoms with Gasteiger partial charge in [-0.3, -0.25) is 4.79 Å². The number of amides is 1. The van der Waals surface area contributed by atoms with E-state index in [4.69, 9.17) is 4.74 Å². The molecule has 0 N–H and O–H groups in total. The minimum Gasteiger partial charge on any atom is -0.457 e. The summed E-state index contributed by atoms with van der Waals surface area (Å²) in [6.07, 6.45) is 4.45. The van der Waals surface area contributed by atoms with Crippen LogP contribution in [0.4, 0.5) is 10.1 Å². The minimum absolute atomic E-state index is 0.207. The quantitative estimate of drug-likeness (QED) is 0.627. The molecular formula is C19H22FNO3. The summed E-state index contributed by atoms with van der Waals surface area (Å²) in [6, 6.07) is 4.57. The number of nitrogens with zero attached hydrogens (tertiary/aromatic N) is 1. The van der Waals surface area contributed by atoms with Crippen molar-refractivity contribution in [2.75, 3.05) is 11.4 Å². The lowest BCUT2D eigenvalue weighted by Crippen LogP contribution is -2.35. The third-order valence-corrected chi connectivity index (χ3v) is 4.36. The van der Waals surface area contributed by atoms with Gasteiger partial charge in [0.2, 0.25) is 0 Å². The van der Waals surface area contributed by atoms with E-state index in [2.05, 4.69) is 0 Å². The third kappa shape index (κ3) is 3.21. The second-order valence-electron chi connectivity index (χ2n) is 7.44. The van der Waals surface area contributed by atoms with Gasteiger partial charge in [0, 0.05) is 18.2 Å². The molecule has 4 nitrogen and oxygen atoms in total. The fraction of sp³-hybridized carbons (Fsp3) is 0.474. The maximum Gasteiger partial charge on any atom is 0.332 e. The van der Waals surface area contributed by atoms with Crippen LogP contribution in [0.15, 0.2) is 24.3 Å². The summed E-state index contributed by atoms with van der Waals surface area (Å²) in [5, 5.41) is 0. The summed E-state index contributed by atoms with van der Waals surface area (Å²) in [5.74, 6) is -0.950. The molecule has 24 heavy (non-hydrogen) atoms. The second kappa shape index (κ2) is 6.04. The lowest BCUT2D eigenvalue weighted by atomic mass is 9.85. The first-order valence-corrected chi connectivity index (χ1v) is 8.32. The van der Waals surface area contributed by atoms with E-state index in [9.17, 15) is 14.0 Å². The molecule has 128 valence electrons. The Morgan fingerprint density at radius 3 is 2.67 bits per heavy atom. The number of rotatable bonds is 3. The number of halogens is 1. The van der Waals surface area contributed by atoms with Crippen molar-refractivity contribution in [2.45, 2.75) is 45.6 Å². The number of carbonyl (C=O) groups is 2. The summed E-state index contributed by atoms with van der Waals surface area (Å²) in [5.41, 5.74) is 0.305. The predicted octanol–water partition coefficient (Wildman–Crippen LogP) is 3.70. The Balaban J connectivity index is 1.95. The van der Waals surface area contributed by atoms with Gasteiger partial charge in [-0.1, -0.05) is 18.6 Å². The Labute approximate surface area is 141 Å². The summed E-state index contributed by atoms with van der Waals surface area (Å²) in [6.45, 7) is 5.78. The first-order chi connectivity index (χ1) is 11.3. The molecular weight excluding hydrogens is 309 g/mol. The molecule has 1 saturated carbocycles. The summed E-state index contributed by atoms with van der Waals surface area (Å²) in [7, 11) is 0. The number of para-hydroxylation sites is 1. The lowest BCUT2D eigenvalue weighted by molar-refractivity contribution is -0.148. The molecule has 1 aliphatic heterocycles. The number of fused-ring (bicyclic) bond motifs is 1. The van der Waals surface area contributed by atoms with Gasteiger partial charge in [-0.25, -0.2) is 9.18 Å². The summed E-state index contributed by atoms with van der Waals surface area (Å²) in [4.78, 5) is 26.3. The Bertz CT molecular complexity index is 714. The molecule has 2 aliphatic rings. The van der Waals surface area contributed by atoms with Gasteiger partial charge in [0.15, 0.2) is 0 Å². The zero-order chi connectivity index (χ0) is 17.5. The van der Waals surface area contributed by atoms with Crippen LogP contribution in [0.5, 0.6) is 0 Å². The number of anilines is 1. The van der Waals surface area contributed by atoms with Crippen molar-refractivity contribution in [3.8, 4) is 0 Å². The van der Waals surface area contributed by atoms with Gasteiger partial charge < -0.3 is 9.64 Å². The van der Waals surface area contributed by atoms with Crippen molar-refractivity contribution in [3.05, 3.63) is 35.7 Å². The number of ether oxygens (including phenoxy) is 1. The van der Waals surface area contributed by atoms with E-state index in [1.165, 1.54) is 17.0 Å². The third-order valence-electron chi connectivity index (χ3n) is 4.36. The lowest BCUT2D eigenvalue weighted by Gasteiger charge is -2.30. The van der Waals surface area contributed by atoms with Crippen molar-refractivity contribution in [1.29, 1.82) is 0 Å². The molecule has 1 heterocycles. The van der Waals surface area contributed by atoms with Crippen molar-refractivity contribution >= 4 is 23.1 Å². The first-order valence-electron chi connectivity index (χ1n) is 8.32.